The molecule has 2 aromatic carbocycles. The molecule has 0 amide bonds. The van der Waals surface area contributed by atoms with Gasteiger partial charge in [0.2, 0.25) is 0 Å². The van der Waals surface area contributed by atoms with E-state index in [1.807, 2.05) is 25.1 Å². The van der Waals surface area contributed by atoms with Gasteiger partial charge in [0.15, 0.2) is 23.2 Å². The van der Waals surface area contributed by atoms with E-state index >= 15 is 4.39 Å². The molecule has 4 rings (SSSR count). The molecule has 0 aliphatic heterocycles. The van der Waals surface area contributed by atoms with E-state index in [-0.39, 0.29) is 17.7 Å². The first-order valence-corrected chi connectivity index (χ1v) is 12.3. The van der Waals surface area contributed by atoms with Crippen LogP contribution in [0.25, 0.3) is 0 Å². The SMILES string of the molecule is CCc1ccc(OCC2CCC(c3ccc(C4CCC(C)CC4)c(F)c3F)CC2)c(F)c1. The van der Waals surface area contributed by atoms with E-state index in [2.05, 4.69) is 6.92 Å². The summed E-state index contributed by atoms with van der Waals surface area (Å²) in [5, 5.41) is 0. The van der Waals surface area contributed by atoms with Gasteiger partial charge < -0.3 is 4.74 Å². The quantitative estimate of drug-likeness (QED) is 0.435. The van der Waals surface area contributed by atoms with E-state index in [1.165, 1.54) is 6.07 Å². The number of hydrogen-bond donors (Lipinski definition) is 0. The Hall–Kier alpha value is -1.97. The predicted octanol–water partition coefficient (Wildman–Crippen LogP) is 8.31. The Bertz CT molecular complexity index is 909. The Kier molecular flexibility index (Phi) is 7.48. The lowest BCUT2D eigenvalue weighted by atomic mass is 9.76. The van der Waals surface area contributed by atoms with Gasteiger partial charge in [-0.3, -0.25) is 0 Å². The molecule has 2 aliphatic rings. The largest absolute Gasteiger partial charge is 0.490 e. The second-order valence-electron chi connectivity index (χ2n) is 9.98. The fraction of sp³-hybridized carbons (Fsp3) is 0.571. The molecule has 0 aromatic heterocycles. The van der Waals surface area contributed by atoms with Gasteiger partial charge in [0, 0.05) is 0 Å². The van der Waals surface area contributed by atoms with E-state index in [9.17, 15) is 8.78 Å². The van der Waals surface area contributed by atoms with Crippen LogP contribution in [0.1, 0.15) is 93.7 Å². The Labute approximate surface area is 190 Å². The molecule has 0 spiro atoms. The zero-order valence-corrected chi connectivity index (χ0v) is 19.3. The summed E-state index contributed by atoms with van der Waals surface area (Å²) in [6, 6.07) is 8.79. The van der Waals surface area contributed by atoms with E-state index in [0.717, 1.165) is 63.4 Å². The van der Waals surface area contributed by atoms with E-state index in [1.54, 1.807) is 6.07 Å². The van der Waals surface area contributed by atoms with Crippen molar-refractivity contribution < 1.29 is 17.9 Å². The van der Waals surface area contributed by atoms with Crippen LogP contribution in [0.4, 0.5) is 13.2 Å². The summed E-state index contributed by atoms with van der Waals surface area (Å²) < 4.78 is 49.8. The van der Waals surface area contributed by atoms with Gasteiger partial charge in [0.1, 0.15) is 0 Å². The molecule has 0 unspecified atom stereocenters. The van der Waals surface area contributed by atoms with Crippen molar-refractivity contribution in [2.75, 3.05) is 6.61 Å². The fourth-order valence-corrected chi connectivity index (χ4v) is 5.51. The van der Waals surface area contributed by atoms with Crippen molar-refractivity contribution in [3.05, 3.63) is 64.5 Å². The minimum absolute atomic E-state index is 0.0433. The molecular weight excluding hydrogens is 409 g/mol. The van der Waals surface area contributed by atoms with Crippen LogP contribution in [-0.4, -0.2) is 6.61 Å². The van der Waals surface area contributed by atoms with Gasteiger partial charge in [-0.15, -0.1) is 0 Å². The summed E-state index contributed by atoms with van der Waals surface area (Å²) in [6.07, 6.45) is 8.24. The highest BCUT2D eigenvalue weighted by atomic mass is 19.2. The van der Waals surface area contributed by atoms with Crippen LogP contribution in [0.3, 0.4) is 0 Å². The molecular formula is C28H35F3O. The highest BCUT2D eigenvalue weighted by Crippen LogP contribution is 2.41. The minimum atomic E-state index is -0.640. The zero-order chi connectivity index (χ0) is 22.7. The summed E-state index contributed by atoms with van der Waals surface area (Å²) in [6.45, 7) is 4.69. The Morgan fingerprint density at radius 3 is 1.88 bits per heavy atom. The third-order valence-corrected chi connectivity index (χ3v) is 7.76. The molecule has 0 N–H and O–H groups in total. The predicted molar refractivity (Wildman–Crippen MR) is 123 cm³/mol. The highest BCUT2D eigenvalue weighted by molar-refractivity contribution is 5.32. The van der Waals surface area contributed by atoms with Crippen molar-refractivity contribution in [3.63, 3.8) is 0 Å². The van der Waals surface area contributed by atoms with Crippen LogP contribution < -0.4 is 4.74 Å². The molecule has 0 bridgehead atoms. The molecule has 2 saturated carbocycles. The maximum Gasteiger partial charge on any atom is 0.165 e. The Morgan fingerprint density at radius 1 is 0.781 bits per heavy atom. The van der Waals surface area contributed by atoms with Gasteiger partial charge in [-0.1, -0.05) is 44.9 Å². The van der Waals surface area contributed by atoms with E-state index in [0.29, 0.717) is 35.3 Å². The average Bonchev–Trinajstić information content (AvgIpc) is 2.81. The van der Waals surface area contributed by atoms with Crippen LogP contribution in [0.5, 0.6) is 5.75 Å². The normalized spacial score (nSPS) is 26.2. The molecule has 0 atom stereocenters. The van der Waals surface area contributed by atoms with Gasteiger partial charge >= 0.3 is 0 Å². The van der Waals surface area contributed by atoms with Gasteiger partial charge in [-0.2, -0.15) is 0 Å². The monoisotopic (exact) mass is 444 g/mol. The first-order chi connectivity index (χ1) is 15.5. The minimum Gasteiger partial charge on any atom is -0.490 e. The summed E-state index contributed by atoms with van der Waals surface area (Å²) in [7, 11) is 0. The lowest BCUT2D eigenvalue weighted by Gasteiger charge is -2.30. The molecule has 1 nitrogen and oxygen atoms in total. The van der Waals surface area contributed by atoms with Gasteiger partial charge in [-0.05, 0) is 97.4 Å². The fourth-order valence-electron chi connectivity index (χ4n) is 5.51. The summed E-state index contributed by atoms with van der Waals surface area (Å²) >= 11 is 0. The molecule has 32 heavy (non-hydrogen) atoms. The highest BCUT2D eigenvalue weighted by Gasteiger charge is 2.29. The number of hydrogen-bond acceptors (Lipinski definition) is 1. The number of rotatable bonds is 6. The first-order valence-electron chi connectivity index (χ1n) is 12.3. The zero-order valence-electron chi connectivity index (χ0n) is 19.3. The molecule has 0 saturated heterocycles. The van der Waals surface area contributed by atoms with Crippen molar-refractivity contribution in [1.29, 1.82) is 0 Å². The van der Waals surface area contributed by atoms with Gasteiger partial charge in [-0.25, -0.2) is 13.2 Å². The number of aryl methyl sites for hydroxylation is 1. The van der Waals surface area contributed by atoms with Crippen LogP contribution in [0, 0.1) is 29.3 Å². The van der Waals surface area contributed by atoms with Crippen LogP contribution in [0.15, 0.2) is 30.3 Å². The van der Waals surface area contributed by atoms with Crippen LogP contribution in [-0.2, 0) is 6.42 Å². The lowest BCUT2D eigenvalue weighted by Crippen LogP contribution is -2.20. The van der Waals surface area contributed by atoms with Crippen LogP contribution >= 0.6 is 0 Å². The number of halogens is 3. The van der Waals surface area contributed by atoms with E-state index in [4.69, 9.17) is 4.74 Å². The molecule has 0 radical (unpaired) electrons. The van der Waals surface area contributed by atoms with Gasteiger partial charge in [0.25, 0.3) is 0 Å². The summed E-state index contributed by atoms with van der Waals surface area (Å²) in [5.74, 6) is -0.0977. The molecule has 2 aromatic rings. The van der Waals surface area contributed by atoms with Crippen molar-refractivity contribution >= 4 is 0 Å². The molecule has 2 aliphatic carbocycles. The maximum absolute atomic E-state index is 15.0. The number of benzene rings is 2. The van der Waals surface area contributed by atoms with Gasteiger partial charge in [0.05, 0.1) is 6.61 Å². The topological polar surface area (TPSA) is 9.23 Å². The third-order valence-electron chi connectivity index (χ3n) is 7.76. The molecule has 174 valence electrons. The second kappa shape index (κ2) is 10.3. The second-order valence-corrected chi connectivity index (χ2v) is 9.98. The van der Waals surface area contributed by atoms with Crippen molar-refractivity contribution in [3.8, 4) is 5.75 Å². The summed E-state index contributed by atoms with van der Waals surface area (Å²) in [4.78, 5) is 0. The maximum atomic E-state index is 15.0. The number of ether oxygens (including phenoxy) is 1. The molecule has 2 fully saturated rings. The first kappa shape index (κ1) is 23.2. The standard InChI is InChI=1S/C28H35F3O/c1-3-19-8-15-26(25(29)16-19)32-17-20-6-11-22(12-7-20)24-14-13-23(27(30)28(24)31)21-9-4-18(2)5-10-21/h8,13-16,18,20-22H,3-7,9-12,17H2,1-2H3. The molecule has 4 heteroatoms. The third kappa shape index (κ3) is 5.15. The smallest absolute Gasteiger partial charge is 0.165 e. The van der Waals surface area contributed by atoms with Crippen molar-refractivity contribution in [1.82, 2.24) is 0 Å². The van der Waals surface area contributed by atoms with Crippen LogP contribution in [0.2, 0.25) is 0 Å². The average molecular weight is 445 g/mol. The lowest BCUT2D eigenvalue weighted by molar-refractivity contribution is 0.193. The Balaban J connectivity index is 1.33. The van der Waals surface area contributed by atoms with Crippen molar-refractivity contribution in [2.24, 2.45) is 11.8 Å². The summed E-state index contributed by atoms with van der Waals surface area (Å²) in [5.41, 5.74) is 2.04. The van der Waals surface area contributed by atoms with Crippen molar-refractivity contribution in [2.45, 2.75) is 83.5 Å². The van der Waals surface area contributed by atoms with E-state index < -0.39 is 11.6 Å². The molecule has 0 heterocycles. The Morgan fingerprint density at radius 2 is 1.34 bits per heavy atom.